The van der Waals surface area contributed by atoms with Gasteiger partial charge in [-0.2, -0.15) is 0 Å². The van der Waals surface area contributed by atoms with Gasteiger partial charge in [-0.05, 0) is 18.2 Å². The normalized spacial score (nSPS) is 10.1. The summed E-state index contributed by atoms with van der Waals surface area (Å²) < 4.78 is 18.5. The van der Waals surface area contributed by atoms with Gasteiger partial charge in [0, 0.05) is 25.9 Å². The number of benzene rings is 1. The van der Waals surface area contributed by atoms with E-state index in [-0.39, 0.29) is 5.56 Å². The van der Waals surface area contributed by atoms with E-state index >= 15 is 0 Å². The molecule has 0 aliphatic rings. The number of hydrogen-bond acceptors (Lipinski definition) is 3. The van der Waals surface area contributed by atoms with Crippen molar-refractivity contribution in [1.82, 2.24) is 4.90 Å². The third kappa shape index (κ3) is 3.56. The average molecular weight is 252 g/mol. The number of nitrogens with zero attached hydrogens (tertiary/aromatic N) is 1. The molecular weight excluding hydrogens is 235 g/mol. The molecule has 0 aliphatic heterocycles. The van der Waals surface area contributed by atoms with Crippen LogP contribution in [0.3, 0.4) is 0 Å². The van der Waals surface area contributed by atoms with Crippen LogP contribution in [0.5, 0.6) is 0 Å². The lowest BCUT2D eigenvalue weighted by atomic mass is 10.1. The van der Waals surface area contributed by atoms with Gasteiger partial charge in [-0.25, -0.2) is 4.39 Å². The highest BCUT2D eigenvalue weighted by molar-refractivity contribution is 5.95. The zero-order valence-electron chi connectivity index (χ0n) is 10.4. The molecule has 0 atom stereocenters. The third-order valence-electron chi connectivity index (χ3n) is 2.42. The Bertz CT molecular complexity index is 435. The minimum atomic E-state index is -0.583. The molecule has 0 aromatic heterocycles. The first kappa shape index (κ1) is 14.2. The van der Waals surface area contributed by atoms with Crippen LogP contribution in [0.15, 0.2) is 30.9 Å². The Hall–Kier alpha value is -1.88. The smallest absolute Gasteiger partial charge is 0.257 e. The first-order valence-electron chi connectivity index (χ1n) is 5.54. The average Bonchev–Trinajstić information content (AvgIpc) is 2.36. The molecule has 1 rings (SSSR count). The fourth-order valence-electron chi connectivity index (χ4n) is 1.51. The Labute approximate surface area is 106 Å². The number of methoxy groups -OCH3 is 1. The van der Waals surface area contributed by atoms with Crippen molar-refractivity contribution in [2.45, 2.75) is 0 Å². The van der Waals surface area contributed by atoms with E-state index in [4.69, 9.17) is 10.5 Å². The molecule has 0 heterocycles. The molecule has 0 fully saturated rings. The van der Waals surface area contributed by atoms with Gasteiger partial charge in [-0.1, -0.05) is 6.08 Å². The van der Waals surface area contributed by atoms with E-state index in [9.17, 15) is 9.18 Å². The standard InChI is InChI=1S/C13H17FN2O2/c1-3-6-16(7-8-18-2)13(17)11-9-10(15)4-5-12(11)14/h3-5,9H,1,6-8,15H2,2H3. The number of halogens is 1. The van der Waals surface area contributed by atoms with Crippen LogP contribution in [0.2, 0.25) is 0 Å². The van der Waals surface area contributed by atoms with Gasteiger partial charge >= 0.3 is 0 Å². The highest BCUT2D eigenvalue weighted by Gasteiger charge is 2.18. The number of ether oxygens (including phenoxy) is 1. The maximum absolute atomic E-state index is 13.6. The summed E-state index contributed by atoms with van der Waals surface area (Å²) in [6, 6.07) is 3.94. The zero-order chi connectivity index (χ0) is 13.5. The van der Waals surface area contributed by atoms with E-state index in [0.717, 1.165) is 0 Å². The second kappa shape index (κ2) is 6.76. The molecule has 0 aliphatic carbocycles. The summed E-state index contributed by atoms with van der Waals surface area (Å²) in [6.45, 7) is 4.65. The van der Waals surface area contributed by atoms with Crippen LogP contribution in [0, 0.1) is 5.82 Å². The summed E-state index contributed by atoms with van der Waals surface area (Å²) in [7, 11) is 1.54. The van der Waals surface area contributed by atoms with Gasteiger partial charge in [0.05, 0.1) is 12.2 Å². The number of amides is 1. The van der Waals surface area contributed by atoms with Crippen molar-refractivity contribution in [1.29, 1.82) is 0 Å². The van der Waals surface area contributed by atoms with Crippen molar-refractivity contribution in [2.75, 3.05) is 32.5 Å². The molecule has 18 heavy (non-hydrogen) atoms. The fourth-order valence-corrected chi connectivity index (χ4v) is 1.51. The minimum Gasteiger partial charge on any atom is -0.399 e. The van der Waals surface area contributed by atoms with Crippen molar-refractivity contribution in [3.05, 3.63) is 42.2 Å². The number of hydrogen-bond donors (Lipinski definition) is 1. The second-order valence-corrected chi connectivity index (χ2v) is 3.77. The van der Waals surface area contributed by atoms with Crippen LogP contribution in [0.4, 0.5) is 10.1 Å². The SMILES string of the molecule is C=CCN(CCOC)C(=O)c1cc(N)ccc1F. The molecule has 5 heteroatoms. The van der Waals surface area contributed by atoms with Crippen molar-refractivity contribution >= 4 is 11.6 Å². The van der Waals surface area contributed by atoms with Gasteiger partial charge in [-0.3, -0.25) is 4.79 Å². The second-order valence-electron chi connectivity index (χ2n) is 3.77. The van der Waals surface area contributed by atoms with Crippen LogP contribution in [-0.4, -0.2) is 37.6 Å². The van der Waals surface area contributed by atoms with Crippen molar-refractivity contribution in [2.24, 2.45) is 0 Å². The zero-order valence-corrected chi connectivity index (χ0v) is 10.4. The summed E-state index contributed by atoms with van der Waals surface area (Å²) in [5.41, 5.74) is 5.87. The fraction of sp³-hybridized carbons (Fsp3) is 0.308. The molecular formula is C13H17FN2O2. The Morgan fingerprint density at radius 1 is 1.61 bits per heavy atom. The van der Waals surface area contributed by atoms with Crippen LogP contribution in [0.1, 0.15) is 10.4 Å². The highest BCUT2D eigenvalue weighted by Crippen LogP contribution is 2.14. The Morgan fingerprint density at radius 2 is 2.33 bits per heavy atom. The predicted molar refractivity (Wildman–Crippen MR) is 68.8 cm³/mol. The van der Waals surface area contributed by atoms with Gasteiger partial charge in [-0.15, -0.1) is 6.58 Å². The quantitative estimate of drug-likeness (QED) is 0.619. The predicted octanol–water partition coefficient (Wildman–Crippen LogP) is 1.68. The number of carbonyl (C=O) groups excluding carboxylic acids is 1. The van der Waals surface area contributed by atoms with Crippen LogP contribution >= 0.6 is 0 Å². The lowest BCUT2D eigenvalue weighted by Crippen LogP contribution is -2.34. The number of nitrogen functional groups attached to an aromatic ring is 1. The number of carbonyl (C=O) groups is 1. The number of nitrogens with two attached hydrogens (primary N) is 1. The van der Waals surface area contributed by atoms with Crippen LogP contribution in [-0.2, 0) is 4.74 Å². The molecule has 2 N–H and O–H groups in total. The monoisotopic (exact) mass is 252 g/mol. The van der Waals surface area contributed by atoms with Gasteiger partial charge in [0.25, 0.3) is 5.91 Å². The molecule has 0 radical (unpaired) electrons. The van der Waals surface area contributed by atoms with Gasteiger partial charge in [0.2, 0.25) is 0 Å². The molecule has 0 unspecified atom stereocenters. The molecule has 1 aromatic carbocycles. The molecule has 4 nitrogen and oxygen atoms in total. The topological polar surface area (TPSA) is 55.6 Å². The maximum atomic E-state index is 13.6. The summed E-state index contributed by atoms with van der Waals surface area (Å²) in [5.74, 6) is -1.00. The van der Waals surface area contributed by atoms with Gasteiger partial charge < -0.3 is 15.4 Å². The highest BCUT2D eigenvalue weighted by atomic mass is 19.1. The minimum absolute atomic E-state index is 0.0343. The summed E-state index contributed by atoms with van der Waals surface area (Å²) in [5, 5.41) is 0. The van der Waals surface area contributed by atoms with Crippen molar-refractivity contribution in [3.8, 4) is 0 Å². The van der Waals surface area contributed by atoms with E-state index in [2.05, 4.69) is 6.58 Å². The van der Waals surface area contributed by atoms with Crippen LogP contribution in [0.25, 0.3) is 0 Å². The first-order chi connectivity index (χ1) is 8.60. The molecule has 0 spiro atoms. The van der Waals surface area contributed by atoms with Crippen molar-refractivity contribution in [3.63, 3.8) is 0 Å². The Balaban J connectivity index is 2.93. The number of anilines is 1. The van der Waals surface area contributed by atoms with E-state index in [1.54, 1.807) is 6.08 Å². The van der Waals surface area contributed by atoms with Gasteiger partial charge in [0.1, 0.15) is 5.82 Å². The lowest BCUT2D eigenvalue weighted by Gasteiger charge is -2.21. The third-order valence-corrected chi connectivity index (χ3v) is 2.42. The van der Waals surface area contributed by atoms with Gasteiger partial charge in [0.15, 0.2) is 0 Å². The van der Waals surface area contributed by atoms with Crippen molar-refractivity contribution < 1.29 is 13.9 Å². The first-order valence-corrected chi connectivity index (χ1v) is 5.54. The largest absolute Gasteiger partial charge is 0.399 e. The molecule has 1 aromatic rings. The summed E-state index contributed by atoms with van der Waals surface area (Å²) >= 11 is 0. The molecule has 0 saturated carbocycles. The maximum Gasteiger partial charge on any atom is 0.257 e. The Kier molecular flexibility index (Phi) is 5.32. The molecule has 0 saturated heterocycles. The van der Waals surface area contributed by atoms with Crippen LogP contribution < -0.4 is 5.73 Å². The van der Waals surface area contributed by atoms with E-state index < -0.39 is 11.7 Å². The van der Waals surface area contributed by atoms with E-state index in [1.165, 1.54) is 30.2 Å². The molecule has 0 bridgehead atoms. The molecule has 1 amide bonds. The Morgan fingerprint density at radius 3 is 2.94 bits per heavy atom. The van der Waals surface area contributed by atoms with E-state index in [1.807, 2.05) is 0 Å². The summed E-state index contributed by atoms with van der Waals surface area (Å²) in [6.07, 6.45) is 1.58. The lowest BCUT2D eigenvalue weighted by molar-refractivity contribution is 0.0713. The van der Waals surface area contributed by atoms with E-state index in [0.29, 0.717) is 25.4 Å². The summed E-state index contributed by atoms with van der Waals surface area (Å²) in [4.78, 5) is 13.6. The molecule has 98 valence electrons. The number of rotatable bonds is 6.